The molecule has 0 atom stereocenters. The van der Waals surface area contributed by atoms with Crippen LogP contribution >= 0.6 is 11.6 Å². The Morgan fingerprint density at radius 1 is 0.800 bits per heavy atom. The molecule has 186 valence electrons. The molecule has 35 heavy (non-hydrogen) atoms. The highest BCUT2D eigenvalue weighted by Gasteiger charge is 2.28. The summed E-state index contributed by atoms with van der Waals surface area (Å²) in [6, 6.07) is 16.1. The van der Waals surface area contributed by atoms with Crippen molar-refractivity contribution in [2.24, 2.45) is 0 Å². The molecule has 1 fully saturated rings. The van der Waals surface area contributed by atoms with Gasteiger partial charge in [-0.2, -0.15) is 8.61 Å². The Hall–Kier alpha value is -2.30. The normalized spacial score (nSPS) is 15.7. The van der Waals surface area contributed by atoms with Crippen LogP contribution in [0, 0.1) is 0 Å². The summed E-state index contributed by atoms with van der Waals surface area (Å²) in [4.78, 5) is 4.21. The van der Waals surface area contributed by atoms with Gasteiger partial charge in [-0.15, -0.1) is 0 Å². The lowest BCUT2D eigenvalue weighted by Crippen LogP contribution is -2.32. The highest BCUT2D eigenvalue weighted by Crippen LogP contribution is 2.26. The zero-order chi connectivity index (χ0) is 24.9. The van der Waals surface area contributed by atoms with E-state index in [9.17, 15) is 16.8 Å². The van der Waals surface area contributed by atoms with E-state index in [0.717, 1.165) is 31.2 Å². The van der Waals surface area contributed by atoms with E-state index in [2.05, 4.69) is 4.98 Å². The molecule has 0 amide bonds. The maximum Gasteiger partial charge on any atom is 0.243 e. The number of benzene rings is 2. The van der Waals surface area contributed by atoms with Gasteiger partial charge in [-0.3, -0.25) is 4.98 Å². The molecule has 1 aliphatic heterocycles. The van der Waals surface area contributed by atoms with Crippen molar-refractivity contribution in [3.63, 3.8) is 0 Å². The molecular weight excluding hydrogens is 506 g/mol. The van der Waals surface area contributed by atoms with Gasteiger partial charge in [0.2, 0.25) is 20.0 Å². The van der Waals surface area contributed by atoms with Crippen LogP contribution in [0.5, 0.6) is 0 Å². The van der Waals surface area contributed by atoms with E-state index in [1.54, 1.807) is 48.8 Å². The molecule has 10 heteroatoms. The molecule has 0 unspecified atom stereocenters. The summed E-state index contributed by atoms with van der Waals surface area (Å²) in [6.45, 7) is 1.12. The van der Waals surface area contributed by atoms with Gasteiger partial charge in [-0.25, -0.2) is 16.8 Å². The van der Waals surface area contributed by atoms with E-state index >= 15 is 0 Å². The van der Waals surface area contributed by atoms with Crippen LogP contribution in [-0.2, 0) is 33.1 Å². The lowest BCUT2D eigenvalue weighted by atomic mass is 10.2. The van der Waals surface area contributed by atoms with Crippen LogP contribution in [0.15, 0.2) is 82.8 Å². The van der Waals surface area contributed by atoms with Crippen LogP contribution in [0.1, 0.15) is 36.8 Å². The zero-order valence-electron chi connectivity index (χ0n) is 19.3. The zero-order valence-corrected chi connectivity index (χ0v) is 21.6. The van der Waals surface area contributed by atoms with E-state index in [1.165, 1.54) is 32.9 Å². The summed E-state index contributed by atoms with van der Waals surface area (Å²) >= 11 is 6.32. The summed E-state index contributed by atoms with van der Waals surface area (Å²) in [5, 5.41) is 0.470. The van der Waals surface area contributed by atoms with Gasteiger partial charge in [0.15, 0.2) is 0 Å². The molecule has 1 saturated heterocycles. The Labute approximate surface area is 212 Å². The Morgan fingerprint density at radius 2 is 1.46 bits per heavy atom. The number of sulfonamides is 2. The van der Waals surface area contributed by atoms with Gasteiger partial charge in [0.25, 0.3) is 0 Å². The van der Waals surface area contributed by atoms with E-state index in [0.29, 0.717) is 23.7 Å². The number of hydrogen-bond acceptors (Lipinski definition) is 5. The molecule has 4 rings (SSSR count). The van der Waals surface area contributed by atoms with Crippen molar-refractivity contribution in [2.75, 3.05) is 13.1 Å². The number of aromatic nitrogens is 1. The lowest BCUT2D eigenvalue weighted by Gasteiger charge is -2.23. The first kappa shape index (κ1) is 25.8. The molecule has 0 saturated carbocycles. The van der Waals surface area contributed by atoms with Crippen molar-refractivity contribution in [3.05, 3.63) is 89.2 Å². The molecule has 1 aliphatic rings. The van der Waals surface area contributed by atoms with Crippen molar-refractivity contribution in [1.29, 1.82) is 0 Å². The molecule has 2 heterocycles. The van der Waals surface area contributed by atoms with Crippen LogP contribution in [0.4, 0.5) is 0 Å². The van der Waals surface area contributed by atoms with Gasteiger partial charge < -0.3 is 0 Å². The first-order valence-electron chi connectivity index (χ1n) is 11.5. The number of rotatable bonds is 8. The minimum absolute atomic E-state index is 0.0169. The third-order valence-electron chi connectivity index (χ3n) is 6.05. The molecule has 7 nitrogen and oxygen atoms in total. The molecule has 2 aromatic carbocycles. The Kier molecular flexibility index (Phi) is 8.23. The fraction of sp³-hybridized carbons (Fsp3) is 0.320. The second-order valence-corrected chi connectivity index (χ2v) is 12.8. The average molecular weight is 534 g/mol. The first-order chi connectivity index (χ1) is 16.8. The van der Waals surface area contributed by atoms with Crippen LogP contribution in [0.25, 0.3) is 0 Å². The SMILES string of the molecule is O=S(=O)(c1ccc(S(=O)(=O)N(Cc2cccnc2)Cc2ccccc2Cl)cc1)N1CCCCCC1. The van der Waals surface area contributed by atoms with E-state index < -0.39 is 20.0 Å². The van der Waals surface area contributed by atoms with E-state index in [-0.39, 0.29) is 22.9 Å². The minimum Gasteiger partial charge on any atom is -0.264 e. The maximum absolute atomic E-state index is 13.7. The topological polar surface area (TPSA) is 87.6 Å². The second kappa shape index (κ2) is 11.2. The fourth-order valence-electron chi connectivity index (χ4n) is 4.10. The summed E-state index contributed by atoms with van der Waals surface area (Å²) in [5.74, 6) is 0. The molecule has 1 aromatic heterocycles. The van der Waals surface area contributed by atoms with Crippen LogP contribution < -0.4 is 0 Å². The molecule has 0 N–H and O–H groups in total. The second-order valence-electron chi connectivity index (χ2n) is 8.52. The number of hydrogen-bond donors (Lipinski definition) is 0. The van der Waals surface area contributed by atoms with Crippen molar-refractivity contribution in [3.8, 4) is 0 Å². The molecule has 0 bridgehead atoms. The maximum atomic E-state index is 13.7. The molecular formula is C25H28ClN3O4S2. The third kappa shape index (κ3) is 6.10. The van der Waals surface area contributed by atoms with Gasteiger partial charge in [0.05, 0.1) is 9.79 Å². The van der Waals surface area contributed by atoms with E-state index in [1.807, 2.05) is 0 Å². The summed E-state index contributed by atoms with van der Waals surface area (Å²) in [6.07, 6.45) is 6.93. The van der Waals surface area contributed by atoms with E-state index in [4.69, 9.17) is 11.6 Å². The highest BCUT2D eigenvalue weighted by molar-refractivity contribution is 7.89. The molecule has 0 spiro atoms. The molecule has 3 aromatic rings. The van der Waals surface area contributed by atoms with Crippen molar-refractivity contribution >= 4 is 31.6 Å². The summed E-state index contributed by atoms with van der Waals surface area (Å²) < 4.78 is 56.3. The van der Waals surface area contributed by atoms with Crippen LogP contribution in [0.3, 0.4) is 0 Å². The third-order valence-corrected chi connectivity index (χ3v) is 10.1. The Bertz CT molecular complexity index is 1340. The quantitative estimate of drug-likeness (QED) is 0.419. The minimum atomic E-state index is -3.97. The van der Waals surface area contributed by atoms with Gasteiger partial charge in [-0.05, 0) is 60.4 Å². The van der Waals surface area contributed by atoms with Crippen LogP contribution in [0.2, 0.25) is 5.02 Å². The van der Waals surface area contributed by atoms with Gasteiger partial charge >= 0.3 is 0 Å². The predicted octanol–water partition coefficient (Wildman–Crippen LogP) is 4.69. The number of halogens is 1. The first-order valence-corrected chi connectivity index (χ1v) is 14.8. The lowest BCUT2D eigenvalue weighted by molar-refractivity contribution is 0.400. The summed E-state index contributed by atoms with van der Waals surface area (Å²) in [7, 11) is -7.64. The molecule has 0 radical (unpaired) electrons. The summed E-state index contributed by atoms with van der Waals surface area (Å²) in [5.41, 5.74) is 1.39. The number of nitrogens with zero attached hydrogens (tertiary/aromatic N) is 3. The van der Waals surface area contributed by atoms with Crippen molar-refractivity contribution in [1.82, 2.24) is 13.6 Å². The average Bonchev–Trinajstić information content (AvgIpc) is 3.16. The van der Waals surface area contributed by atoms with Gasteiger partial charge in [-0.1, -0.05) is 48.7 Å². The number of pyridine rings is 1. The highest BCUT2D eigenvalue weighted by atomic mass is 35.5. The van der Waals surface area contributed by atoms with Crippen molar-refractivity contribution < 1.29 is 16.8 Å². The van der Waals surface area contributed by atoms with Crippen LogP contribution in [-0.4, -0.2) is 43.5 Å². The standard InChI is InChI=1S/C25H28ClN3O4S2/c26-25-10-4-3-9-22(25)20-29(19-21-8-7-15-27-18-21)35(32,33)24-13-11-23(12-14-24)34(30,31)28-16-5-1-2-6-17-28/h3-4,7-15,18H,1-2,5-6,16-17,19-20H2. The molecule has 0 aliphatic carbocycles. The van der Waals surface area contributed by atoms with Crippen molar-refractivity contribution in [2.45, 2.75) is 48.6 Å². The monoisotopic (exact) mass is 533 g/mol. The fourth-order valence-corrected chi connectivity index (χ4v) is 7.22. The predicted molar refractivity (Wildman–Crippen MR) is 136 cm³/mol. The smallest absolute Gasteiger partial charge is 0.243 e. The van der Waals surface area contributed by atoms with Gasteiger partial charge in [0, 0.05) is 43.6 Å². The Balaban J connectivity index is 1.64. The van der Waals surface area contributed by atoms with Gasteiger partial charge in [0.1, 0.15) is 0 Å². The Morgan fingerprint density at radius 3 is 2.09 bits per heavy atom. The largest absolute Gasteiger partial charge is 0.264 e.